The van der Waals surface area contributed by atoms with E-state index in [4.69, 9.17) is 37.6 Å². The molecule has 4 aromatic rings. The molecular weight excluding hydrogens is 556 g/mol. The molecule has 0 bridgehead atoms. The van der Waals surface area contributed by atoms with Crippen LogP contribution in [0.25, 0.3) is 28.6 Å². The minimum atomic E-state index is -4.53. The number of rotatable bonds is 6. The number of imidazole rings is 1. The lowest BCUT2D eigenvalue weighted by Gasteiger charge is -2.12. The third-order valence-electron chi connectivity index (χ3n) is 4.38. The Morgan fingerprint density at radius 1 is 1.15 bits per heavy atom. The second-order valence-corrected chi connectivity index (χ2v) is 8.43. The van der Waals surface area contributed by atoms with Crippen LogP contribution in [-0.2, 0) is 6.18 Å². The van der Waals surface area contributed by atoms with Gasteiger partial charge in [-0.2, -0.15) is 18.2 Å². The molecule has 14 heteroatoms. The third kappa shape index (κ3) is 4.94. The van der Waals surface area contributed by atoms with E-state index in [0.717, 1.165) is 12.3 Å². The predicted molar refractivity (Wildman–Crippen MR) is 115 cm³/mol. The molecule has 0 radical (unpaired) electrons. The number of nitrogens with zero attached hydrogens (tertiary/aromatic N) is 4. The van der Waals surface area contributed by atoms with Crippen molar-refractivity contribution in [1.29, 1.82) is 0 Å². The fourth-order valence-corrected chi connectivity index (χ4v) is 3.80. The van der Waals surface area contributed by atoms with E-state index in [9.17, 15) is 18.3 Å². The summed E-state index contributed by atoms with van der Waals surface area (Å²) in [5, 5.41) is 22.4. The Bertz CT molecular complexity index is 1330. The Morgan fingerprint density at radius 3 is 2.61 bits per heavy atom. The molecule has 2 N–H and O–H groups in total. The van der Waals surface area contributed by atoms with Crippen LogP contribution >= 0.6 is 39.1 Å². The van der Waals surface area contributed by atoms with E-state index in [-0.39, 0.29) is 49.9 Å². The molecule has 0 aliphatic carbocycles. The molecule has 3 heterocycles. The molecule has 0 aliphatic heterocycles. The summed E-state index contributed by atoms with van der Waals surface area (Å²) in [5.74, 6) is 0.186. The maximum atomic E-state index is 13.1. The van der Waals surface area contributed by atoms with Gasteiger partial charge in [0, 0.05) is 24.0 Å². The number of alkyl halides is 3. The van der Waals surface area contributed by atoms with E-state index in [1.165, 1.54) is 22.7 Å². The van der Waals surface area contributed by atoms with Crippen LogP contribution in [0.5, 0.6) is 5.75 Å². The normalized spacial score (nSPS) is 13.0. The summed E-state index contributed by atoms with van der Waals surface area (Å²) in [5.41, 5.74) is -0.178. The minimum Gasteiger partial charge on any atom is -0.489 e. The Morgan fingerprint density at radius 2 is 1.91 bits per heavy atom. The molecule has 0 saturated carbocycles. The fourth-order valence-electron chi connectivity index (χ4n) is 2.80. The number of aliphatic hydroxyl groups excluding tert-OH is 2. The van der Waals surface area contributed by atoms with Gasteiger partial charge < -0.3 is 23.9 Å². The molecule has 0 spiro atoms. The number of fused-ring (bicyclic) bond motifs is 1. The summed E-state index contributed by atoms with van der Waals surface area (Å²) in [7, 11) is 0. The molecule has 0 aliphatic rings. The van der Waals surface area contributed by atoms with Crippen LogP contribution in [0, 0.1) is 0 Å². The lowest BCUT2D eigenvalue weighted by molar-refractivity contribution is -0.137. The average Bonchev–Trinajstić information content (AvgIpc) is 3.40. The second kappa shape index (κ2) is 9.11. The van der Waals surface area contributed by atoms with Gasteiger partial charge >= 0.3 is 6.18 Å². The second-order valence-electron chi connectivity index (χ2n) is 6.76. The molecular formula is C19H12BrCl2F3N4O4. The summed E-state index contributed by atoms with van der Waals surface area (Å²) in [6.45, 7) is -0.677. The van der Waals surface area contributed by atoms with Crippen molar-refractivity contribution in [2.75, 3.05) is 13.2 Å². The van der Waals surface area contributed by atoms with Crippen LogP contribution in [0.1, 0.15) is 5.56 Å². The first-order chi connectivity index (χ1) is 15.6. The molecule has 0 saturated heterocycles. The Kier molecular flexibility index (Phi) is 6.56. The van der Waals surface area contributed by atoms with Gasteiger partial charge in [-0.25, -0.2) is 4.98 Å². The van der Waals surface area contributed by atoms with Gasteiger partial charge in [-0.1, -0.05) is 28.4 Å². The molecule has 1 aromatic carbocycles. The van der Waals surface area contributed by atoms with Crippen molar-refractivity contribution in [3.8, 4) is 28.7 Å². The lowest BCUT2D eigenvalue weighted by atomic mass is 10.2. The Labute approximate surface area is 201 Å². The van der Waals surface area contributed by atoms with Crippen molar-refractivity contribution in [3.63, 3.8) is 0 Å². The van der Waals surface area contributed by atoms with Crippen molar-refractivity contribution in [3.05, 3.63) is 50.7 Å². The predicted octanol–water partition coefficient (Wildman–Crippen LogP) is 4.87. The van der Waals surface area contributed by atoms with Gasteiger partial charge in [0.2, 0.25) is 5.82 Å². The number of hydrogen-bond acceptors (Lipinski definition) is 7. The van der Waals surface area contributed by atoms with Crippen molar-refractivity contribution >= 4 is 44.8 Å². The number of hydrogen-bond donors (Lipinski definition) is 2. The first-order valence-corrected chi connectivity index (χ1v) is 10.6. The molecule has 8 nitrogen and oxygen atoms in total. The summed E-state index contributed by atoms with van der Waals surface area (Å²) in [4.78, 5) is 8.46. The smallest absolute Gasteiger partial charge is 0.417 e. The third-order valence-corrected chi connectivity index (χ3v) is 5.57. The molecule has 33 heavy (non-hydrogen) atoms. The number of benzene rings is 1. The van der Waals surface area contributed by atoms with Crippen molar-refractivity contribution in [2.45, 2.75) is 12.3 Å². The zero-order valence-electron chi connectivity index (χ0n) is 16.1. The van der Waals surface area contributed by atoms with Crippen LogP contribution in [0.4, 0.5) is 13.2 Å². The zero-order chi connectivity index (χ0) is 23.9. The first kappa shape index (κ1) is 23.8. The summed E-state index contributed by atoms with van der Waals surface area (Å²) in [6, 6.07) is 3.74. The molecule has 0 amide bonds. The molecule has 174 valence electrons. The maximum Gasteiger partial charge on any atom is 0.417 e. The highest BCUT2D eigenvalue weighted by molar-refractivity contribution is 9.10. The van der Waals surface area contributed by atoms with Gasteiger partial charge in [0.05, 0.1) is 26.7 Å². The largest absolute Gasteiger partial charge is 0.489 e. The Balaban J connectivity index is 1.65. The van der Waals surface area contributed by atoms with Gasteiger partial charge in [0.25, 0.3) is 5.89 Å². The zero-order valence-corrected chi connectivity index (χ0v) is 19.2. The molecule has 3 aromatic heterocycles. The van der Waals surface area contributed by atoms with E-state index in [1.54, 1.807) is 0 Å². The summed E-state index contributed by atoms with van der Waals surface area (Å²) >= 11 is 15.6. The van der Waals surface area contributed by atoms with E-state index < -0.39 is 24.5 Å². The standard InChI is InChI=1S/C19H12BrCl2F3N4O4/c20-11-1-8(19(23,24)25)4-29-5-14(26-17(11)29)18-27-16(28-33-18)10-2-13(22)15(3-12(10)21)32-7-9(31)6-30/h1-5,9,30-31H,6-7H2/t9-/m1/s1. The van der Waals surface area contributed by atoms with Crippen molar-refractivity contribution in [2.24, 2.45) is 0 Å². The molecule has 4 rings (SSSR count). The van der Waals surface area contributed by atoms with E-state index in [1.807, 2.05) is 0 Å². The molecule has 0 unspecified atom stereocenters. The molecule has 1 atom stereocenters. The Hall–Kier alpha value is -2.38. The SMILES string of the molecule is OC[C@@H](O)COc1cc(Cl)c(-c2noc(-c3cn4cc(C(F)(F)F)cc(Br)c4n3)n2)cc1Cl. The average molecular weight is 568 g/mol. The van der Waals surface area contributed by atoms with E-state index in [2.05, 4.69) is 31.1 Å². The van der Waals surface area contributed by atoms with Gasteiger partial charge in [-0.05, 0) is 28.1 Å². The quantitative estimate of drug-likeness (QED) is 0.342. The van der Waals surface area contributed by atoms with Crippen LogP contribution in [0.15, 0.2) is 39.6 Å². The fraction of sp³-hybridized carbons (Fsp3) is 0.211. The van der Waals surface area contributed by atoms with Gasteiger partial charge in [-0.3, -0.25) is 0 Å². The molecule has 0 fully saturated rings. The monoisotopic (exact) mass is 566 g/mol. The van der Waals surface area contributed by atoms with Crippen molar-refractivity contribution < 1.29 is 32.6 Å². The van der Waals surface area contributed by atoms with Crippen LogP contribution < -0.4 is 4.74 Å². The number of aromatic nitrogens is 4. The highest BCUT2D eigenvalue weighted by Gasteiger charge is 2.32. The topological polar surface area (TPSA) is 106 Å². The number of pyridine rings is 1. The van der Waals surface area contributed by atoms with E-state index in [0.29, 0.717) is 5.56 Å². The number of aliphatic hydroxyl groups is 2. The number of ether oxygens (including phenoxy) is 1. The van der Waals surface area contributed by atoms with Crippen LogP contribution in [0.3, 0.4) is 0 Å². The lowest BCUT2D eigenvalue weighted by Crippen LogP contribution is -2.21. The van der Waals surface area contributed by atoms with E-state index >= 15 is 0 Å². The minimum absolute atomic E-state index is 0.0484. The first-order valence-electron chi connectivity index (χ1n) is 9.07. The van der Waals surface area contributed by atoms with Gasteiger partial charge in [0.1, 0.15) is 24.2 Å². The van der Waals surface area contributed by atoms with Crippen molar-refractivity contribution in [1.82, 2.24) is 19.5 Å². The van der Waals surface area contributed by atoms with Gasteiger partial charge in [0.15, 0.2) is 5.65 Å². The highest BCUT2D eigenvalue weighted by Crippen LogP contribution is 2.37. The van der Waals surface area contributed by atoms with Gasteiger partial charge in [-0.15, -0.1) is 0 Å². The summed E-state index contributed by atoms with van der Waals surface area (Å²) in [6.07, 6.45) is -3.39. The maximum absolute atomic E-state index is 13.1. The van der Waals surface area contributed by atoms with Crippen LogP contribution in [0.2, 0.25) is 10.0 Å². The number of halogens is 6. The highest BCUT2D eigenvalue weighted by atomic mass is 79.9. The van der Waals surface area contributed by atoms with Crippen LogP contribution in [-0.4, -0.2) is 49.1 Å². The summed E-state index contributed by atoms with van der Waals surface area (Å²) < 4.78 is 51.1.